The lowest BCUT2D eigenvalue weighted by molar-refractivity contribution is 0.382. The molecule has 0 radical (unpaired) electrons. The molecular weight excluding hydrogens is 178 g/mol. The molecule has 0 aliphatic carbocycles. The molecular formula is C8H6F2N2O. The highest BCUT2D eigenvalue weighted by Crippen LogP contribution is 2.27. The molecule has 1 aromatic carbocycles. The standard InChI is InChI=1S/C8H6F2N2O/c1-13-6-2-5(9)8(12)4(3-11)7(6)10/h2H,12H2,1H3. The molecule has 0 spiro atoms. The summed E-state index contributed by atoms with van der Waals surface area (Å²) in [5, 5.41) is 8.45. The number of nitrogen functional groups attached to an aromatic ring is 1. The largest absolute Gasteiger partial charge is 0.494 e. The van der Waals surface area contributed by atoms with Gasteiger partial charge in [-0.2, -0.15) is 5.26 Å². The van der Waals surface area contributed by atoms with Gasteiger partial charge in [-0.05, 0) is 0 Å². The molecule has 0 saturated carbocycles. The Morgan fingerprint density at radius 3 is 2.62 bits per heavy atom. The molecule has 1 aromatic rings. The van der Waals surface area contributed by atoms with Crippen molar-refractivity contribution in [3.8, 4) is 11.8 Å². The van der Waals surface area contributed by atoms with E-state index in [-0.39, 0.29) is 5.75 Å². The van der Waals surface area contributed by atoms with E-state index in [0.717, 1.165) is 6.07 Å². The van der Waals surface area contributed by atoms with Crippen LogP contribution in [0.2, 0.25) is 0 Å². The summed E-state index contributed by atoms with van der Waals surface area (Å²) in [5.41, 5.74) is 4.09. The summed E-state index contributed by atoms with van der Waals surface area (Å²) in [4.78, 5) is 0. The van der Waals surface area contributed by atoms with E-state index in [4.69, 9.17) is 11.0 Å². The van der Waals surface area contributed by atoms with E-state index in [9.17, 15) is 8.78 Å². The van der Waals surface area contributed by atoms with Gasteiger partial charge >= 0.3 is 0 Å². The first-order chi connectivity index (χ1) is 6.11. The maximum atomic E-state index is 13.1. The lowest BCUT2D eigenvalue weighted by Crippen LogP contribution is -2.01. The highest BCUT2D eigenvalue weighted by Gasteiger charge is 2.16. The highest BCUT2D eigenvalue weighted by molar-refractivity contribution is 5.58. The summed E-state index contributed by atoms with van der Waals surface area (Å²) < 4.78 is 30.5. The molecule has 13 heavy (non-hydrogen) atoms. The molecule has 0 heterocycles. The molecule has 5 heteroatoms. The predicted molar refractivity (Wildman–Crippen MR) is 42.0 cm³/mol. The summed E-state index contributed by atoms with van der Waals surface area (Å²) in [6, 6.07) is 2.26. The molecule has 0 unspecified atom stereocenters. The smallest absolute Gasteiger partial charge is 0.185 e. The number of rotatable bonds is 1. The zero-order valence-electron chi connectivity index (χ0n) is 6.77. The van der Waals surface area contributed by atoms with Crippen molar-refractivity contribution in [2.45, 2.75) is 0 Å². The second-order valence-corrected chi connectivity index (χ2v) is 2.28. The fraction of sp³-hybridized carbons (Fsp3) is 0.125. The molecule has 0 fully saturated rings. The van der Waals surface area contributed by atoms with Crippen molar-refractivity contribution in [2.75, 3.05) is 12.8 Å². The van der Waals surface area contributed by atoms with Crippen molar-refractivity contribution in [1.29, 1.82) is 5.26 Å². The third-order valence-corrected chi connectivity index (χ3v) is 1.55. The van der Waals surface area contributed by atoms with Crippen LogP contribution in [0.1, 0.15) is 5.56 Å². The third kappa shape index (κ3) is 1.38. The van der Waals surface area contributed by atoms with Crippen LogP contribution in [0.4, 0.5) is 14.5 Å². The molecule has 0 aliphatic rings. The second-order valence-electron chi connectivity index (χ2n) is 2.28. The third-order valence-electron chi connectivity index (χ3n) is 1.55. The Morgan fingerprint density at radius 1 is 1.54 bits per heavy atom. The van der Waals surface area contributed by atoms with Crippen LogP contribution in [-0.2, 0) is 0 Å². The molecule has 3 nitrogen and oxygen atoms in total. The molecule has 0 atom stereocenters. The minimum Gasteiger partial charge on any atom is -0.494 e. The number of hydrogen-bond acceptors (Lipinski definition) is 3. The average Bonchev–Trinajstić information content (AvgIpc) is 2.12. The number of nitriles is 1. The van der Waals surface area contributed by atoms with Gasteiger partial charge in [0.1, 0.15) is 11.6 Å². The van der Waals surface area contributed by atoms with Crippen molar-refractivity contribution >= 4 is 5.69 Å². The molecule has 0 saturated heterocycles. The maximum Gasteiger partial charge on any atom is 0.185 e. The minimum atomic E-state index is -0.941. The Morgan fingerprint density at radius 2 is 2.15 bits per heavy atom. The number of nitrogens with two attached hydrogens (primary N) is 1. The van der Waals surface area contributed by atoms with Crippen LogP contribution < -0.4 is 10.5 Å². The molecule has 0 bridgehead atoms. The fourth-order valence-corrected chi connectivity index (χ4v) is 0.875. The lowest BCUT2D eigenvalue weighted by atomic mass is 10.1. The Kier molecular flexibility index (Phi) is 2.33. The van der Waals surface area contributed by atoms with Crippen LogP contribution in [0, 0.1) is 23.0 Å². The number of anilines is 1. The first-order valence-electron chi connectivity index (χ1n) is 3.33. The maximum absolute atomic E-state index is 13.1. The summed E-state index contributed by atoms with van der Waals surface area (Å²) in [5.74, 6) is -2.14. The quantitative estimate of drug-likeness (QED) is 0.671. The molecule has 68 valence electrons. The van der Waals surface area contributed by atoms with Gasteiger partial charge in [0.15, 0.2) is 17.4 Å². The van der Waals surface area contributed by atoms with Gasteiger partial charge in [-0.25, -0.2) is 8.78 Å². The van der Waals surface area contributed by atoms with Crippen LogP contribution in [0.3, 0.4) is 0 Å². The summed E-state index contributed by atoms with van der Waals surface area (Å²) in [6.45, 7) is 0. The van der Waals surface area contributed by atoms with E-state index in [1.807, 2.05) is 0 Å². The van der Waals surface area contributed by atoms with Crippen LogP contribution in [0.15, 0.2) is 6.07 Å². The SMILES string of the molecule is COc1cc(F)c(N)c(C#N)c1F. The van der Waals surface area contributed by atoms with Crippen molar-refractivity contribution in [3.63, 3.8) is 0 Å². The number of ether oxygens (including phenoxy) is 1. The number of nitrogens with zero attached hydrogens (tertiary/aromatic N) is 1. The van der Waals surface area contributed by atoms with E-state index in [0.29, 0.717) is 0 Å². The van der Waals surface area contributed by atoms with E-state index < -0.39 is 22.9 Å². The van der Waals surface area contributed by atoms with Gasteiger partial charge in [0.05, 0.1) is 12.8 Å². The molecule has 0 amide bonds. The number of hydrogen-bond donors (Lipinski definition) is 1. The van der Waals surface area contributed by atoms with Gasteiger partial charge in [-0.3, -0.25) is 0 Å². The molecule has 0 aromatic heterocycles. The van der Waals surface area contributed by atoms with Gasteiger partial charge in [-0.1, -0.05) is 0 Å². The van der Waals surface area contributed by atoms with E-state index >= 15 is 0 Å². The molecule has 1 rings (SSSR count). The Labute approximate surface area is 73.3 Å². The first-order valence-corrected chi connectivity index (χ1v) is 3.33. The van der Waals surface area contributed by atoms with Gasteiger partial charge in [0.2, 0.25) is 0 Å². The summed E-state index contributed by atoms with van der Waals surface area (Å²) in [7, 11) is 1.18. The topological polar surface area (TPSA) is 59.0 Å². The fourth-order valence-electron chi connectivity index (χ4n) is 0.875. The predicted octanol–water partition coefficient (Wildman–Crippen LogP) is 1.43. The number of halogens is 2. The average molecular weight is 184 g/mol. The van der Waals surface area contributed by atoms with E-state index in [2.05, 4.69) is 4.74 Å². The first kappa shape index (κ1) is 9.26. The number of benzene rings is 1. The van der Waals surface area contributed by atoms with Crippen LogP contribution in [0.5, 0.6) is 5.75 Å². The van der Waals surface area contributed by atoms with Gasteiger partial charge in [0, 0.05) is 6.07 Å². The number of methoxy groups -OCH3 is 1. The van der Waals surface area contributed by atoms with Crippen LogP contribution in [0.25, 0.3) is 0 Å². The van der Waals surface area contributed by atoms with Crippen molar-refractivity contribution in [2.24, 2.45) is 0 Å². The Balaban J connectivity index is 3.50. The molecule has 2 N–H and O–H groups in total. The lowest BCUT2D eigenvalue weighted by Gasteiger charge is -2.05. The molecule has 0 aliphatic heterocycles. The van der Waals surface area contributed by atoms with Gasteiger partial charge in [0.25, 0.3) is 0 Å². The Hall–Kier alpha value is -1.83. The van der Waals surface area contributed by atoms with Gasteiger partial charge < -0.3 is 10.5 Å². The summed E-state index contributed by atoms with van der Waals surface area (Å²) >= 11 is 0. The minimum absolute atomic E-state index is 0.330. The normalized spacial score (nSPS) is 9.38. The van der Waals surface area contributed by atoms with Crippen LogP contribution >= 0.6 is 0 Å². The van der Waals surface area contributed by atoms with Gasteiger partial charge in [-0.15, -0.1) is 0 Å². The zero-order chi connectivity index (χ0) is 10.0. The zero-order valence-corrected chi connectivity index (χ0v) is 6.77. The van der Waals surface area contributed by atoms with E-state index in [1.54, 1.807) is 0 Å². The van der Waals surface area contributed by atoms with Crippen LogP contribution in [-0.4, -0.2) is 7.11 Å². The van der Waals surface area contributed by atoms with Crippen molar-refractivity contribution in [1.82, 2.24) is 0 Å². The van der Waals surface area contributed by atoms with Crippen molar-refractivity contribution < 1.29 is 13.5 Å². The van der Waals surface area contributed by atoms with E-state index in [1.165, 1.54) is 13.2 Å². The van der Waals surface area contributed by atoms with Crippen molar-refractivity contribution in [3.05, 3.63) is 23.3 Å². The summed E-state index contributed by atoms with van der Waals surface area (Å²) in [6.07, 6.45) is 0. The Bertz CT molecular complexity index is 385. The highest BCUT2D eigenvalue weighted by atomic mass is 19.1. The second kappa shape index (κ2) is 3.27. The monoisotopic (exact) mass is 184 g/mol.